The summed E-state index contributed by atoms with van der Waals surface area (Å²) < 4.78 is 0. The Morgan fingerprint density at radius 1 is 1.10 bits per heavy atom. The molecule has 55 valence electrons. The average molecular weight is 135 g/mol. The maximum Gasteiger partial charge on any atom is 0.0197 e. The van der Waals surface area contributed by atoms with Crippen molar-refractivity contribution in [2.24, 2.45) is 0 Å². The van der Waals surface area contributed by atoms with E-state index in [4.69, 9.17) is 0 Å². The van der Waals surface area contributed by atoms with Crippen molar-refractivity contribution in [2.75, 3.05) is 0 Å². The van der Waals surface area contributed by atoms with E-state index in [0.717, 1.165) is 0 Å². The number of hydrogen-bond donors (Lipinski definition) is 0. The second kappa shape index (κ2) is 3.05. The summed E-state index contributed by atoms with van der Waals surface area (Å²) in [5.74, 6) is 1.46. The van der Waals surface area contributed by atoms with E-state index in [-0.39, 0.29) is 0 Å². The molecule has 0 aromatic carbocycles. The highest BCUT2D eigenvalue weighted by atomic mass is 14.2. The van der Waals surface area contributed by atoms with Crippen molar-refractivity contribution in [3.63, 3.8) is 0 Å². The second-order valence-electron chi connectivity index (χ2n) is 2.78. The molecule has 1 aliphatic carbocycles. The van der Waals surface area contributed by atoms with Crippen molar-refractivity contribution >= 4 is 0 Å². The average Bonchev–Trinajstić information content (AvgIpc) is 2.30. The zero-order chi connectivity index (χ0) is 7.56. The molecule has 0 saturated carbocycles. The van der Waals surface area contributed by atoms with E-state index in [9.17, 15) is 0 Å². The van der Waals surface area contributed by atoms with Gasteiger partial charge in [-0.05, 0) is 12.8 Å². The monoisotopic (exact) mass is 135 g/mol. The molecule has 0 nitrogen and oxygen atoms in total. The molecule has 0 aromatic heterocycles. The van der Waals surface area contributed by atoms with Gasteiger partial charge in [-0.3, -0.25) is 0 Å². The second-order valence-corrected chi connectivity index (χ2v) is 2.78. The minimum atomic E-state index is 1.17. The van der Waals surface area contributed by atoms with E-state index < -0.39 is 0 Å². The summed E-state index contributed by atoms with van der Waals surface area (Å²) in [5.41, 5.74) is 2.99. The van der Waals surface area contributed by atoms with Crippen LogP contribution in [0.25, 0.3) is 0 Å². The quantitative estimate of drug-likeness (QED) is 0.545. The molecule has 1 rings (SSSR count). The lowest BCUT2D eigenvalue weighted by Gasteiger charge is -2.00. The van der Waals surface area contributed by atoms with Gasteiger partial charge < -0.3 is 0 Å². The summed E-state index contributed by atoms with van der Waals surface area (Å²) in [6, 6.07) is 0. The molecule has 1 aliphatic rings. The Labute approximate surface area is 63.6 Å². The zero-order valence-electron chi connectivity index (χ0n) is 7.07. The van der Waals surface area contributed by atoms with Crippen molar-refractivity contribution in [3.05, 3.63) is 29.2 Å². The molecule has 1 radical (unpaired) electrons. The van der Waals surface area contributed by atoms with Gasteiger partial charge in [-0.15, -0.1) is 0 Å². The van der Waals surface area contributed by atoms with Crippen molar-refractivity contribution < 1.29 is 0 Å². The van der Waals surface area contributed by atoms with Crippen molar-refractivity contribution in [3.8, 4) is 0 Å². The van der Waals surface area contributed by atoms with Gasteiger partial charge >= 0.3 is 0 Å². The predicted molar refractivity (Wildman–Crippen MR) is 45.7 cm³/mol. The van der Waals surface area contributed by atoms with E-state index >= 15 is 0 Å². The Kier molecular flexibility index (Phi) is 2.31. The molecule has 10 heavy (non-hydrogen) atoms. The van der Waals surface area contributed by atoms with Gasteiger partial charge in [0, 0.05) is 5.92 Å². The lowest BCUT2D eigenvalue weighted by Crippen LogP contribution is -1.85. The fourth-order valence-corrected chi connectivity index (χ4v) is 1.34. The predicted octanol–water partition coefficient (Wildman–Crippen LogP) is 3.27. The van der Waals surface area contributed by atoms with Gasteiger partial charge in [0.1, 0.15) is 0 Å². The highest BCUT2D eigenvalue weighted by Crippen LogP contribution is 2.28. The summed E-state index contributed by atoms with van der Waals surface area (Å²) in [6.07, 6.45) is 6.95. The third-order valence-electron chi connectivity index (χ3n) is 2.06. The molecular weight excluding hydrogens is 120 g/mol. The lowest BCUT2D eigenvalue weighted by atomic mass is 10.0. The van der Waals surface area contributed by atoms with Gasteiger partial charge in [-0.25, -0.2) is 0 Å². The molecule has 0 aromatic rings. The molecule has 0 saturated heterocycles. The Balaban J connectivity index is 2.67. The Bertz CT molecular complexity index is 172. The topological polar surface area (TPSA) is 0 Å². The van der Waals surface area contributed by atoms with Gasteiger partial charge in [-0.2, -0.15) is 0 Å². The summed E-state index contributed by atoms with van der Waals surface area (Å²) in [7, 11) is 0. The Hall–Kier alpha value is -0.520. The molecular formula is C10H15. The molecule has 0 spiro atoms. The molecule has 0 atom stereocenters. The fraction of sp³-hybridized carbons (Fsp3) is 0.500. The van der Waals surface area contributed by atoms with Crippen LogP contribution in [0.1, 0.15) is 33.6 Å². The normalized spacial score (nSPS) is 19.1. The molecule has 0 amide bonds. The van der Waals surface area contributed by atoms with Crippen LogP contribution in [0, 0.1) is 5.92 Å². The van der Waals surface area contributed by atoms with Crippen LogP contribution in [0.5, 0.6) is 0 Å². The summed E-state index contributed by atoms with van der Waals surface area (Å²) >= 11 is 0. The van der Waals surface area contributed by atoms with Gasteiger partial charge in [0.2, 0.25) is 0 Å². The standard InChI is InChI=1S/C10H15/c1-4-9-6-8(3)10(5-2)7-9/h6-7H,4-5H2,1-3H3. The van der Waals surface area contributed by atoms with Gasteiger partial charge in [-0.1, -0.05) is 44.1 Å². The van der Waals surface area contributed by atoms with Crippen molar-refractivity contribution in [1.82, 2.24) is 0 Å². The molecule has 0 heteroatoms. The van der Waals surface area contributed by atoms with Gasteiger partial charge in [0.05, 0.1) is 0 Å². The Morgan fingerprint density at radius 3 is 2.10 bits per heavy atom. The van der Waals surface area contributed by atoms with Crippen LogP contribution in [-0.4, -0.2) is 0 Å². The number of rotatable bonds is 2. The summed E-state index contributed by atoms with van der Waals surface area (Å²) in [4.78, 5) is 0. The number of hydrogen-bond acceptors (Lipinski definition) is 0. The van der Waals surface area contributed by atoms with Crippen LogP contribution in [0.3, 0.4) is 0 Å². The number of allylic oxidation sites excluding steroid dienone is 4. The molecule has 0 N–H and O–H groups in total. The summed E-state index contributed by atoms with van der Waals surface area (Å²) in [6.45, 7) is 6.61. The maximum atomic E-state index is 2.31. The fourth-order valence-electron chi connectivity index (χ4n) is 1.34. The minimum Gasteiger partial charge on any atom is -0.0701 e. The minimum absolute atomic E-state index is 1.17. The first-order valence-electron chi connectivity index (χ1n) is 4.03. The first kappa shape index (κ1) is 7.59. The molecule has 0 heterocycles. The van der Waals surface area contributed by atoms with Crippen LogP contribution in [0.4, 0.5) is 0 Å². The van der Waals surface area contributed by atoms with E-state index in [1.165, 1.54) is 29.9 Å². The SMILES string of the molecule is CCC1=C[C](C)C(CC)=C1. The highest BCUT2D eigenvalue weighted by Gasteiger charge is 2.11. The van der Waals surface area contributed by atoms with E-state index in [2.05, 4.69) is 32.9 Å². The van der Waals surface area contributed by atoms with Gasteiger partial charge in [0.15, 0.2) is 0 Å². The van der Waals surface area contributed by atoms with E-state index in [1.54, 1.807) is 0 Å². The highest BCUT2D eigenvalue weighted by molar-refractivity contribution is 5.46. The third-order valence-corrected chi connectivity index (χ3v) is 2.06. The van der Waals surface area contributed by atoms with Crippen molar-refractivity contribution in [1.29, 1.82) is 0 Å². The molecule has 0 bridgehead atoms. The molecule has 0 aliphatic heterocycles. The zero-order valence-corrected chi connectivity index (χ0v) is 7.07. The van der Waals surface area contributed by atoms with Crippen LogP contribution in [0.2, 0.25) is 0 Å². The van der Waals surface area contributed by atoms with Gasteiger partial charge in [0.25, 0.3) is 0 Å². The lowest BCUT2D eigenvalue weighted by molar-refractivity contribution is 1.06. The smallest absolute Gasteiger partial charge is 0.0197 e. The van der Waals surface area contributed by atoms with Crippen molar-refractivity contribution in [2.45, 2.75) is 33.6 Å². The largest absolute Gasteiger partial charge is 0.0701 e. The molecule has 0 unspecified atom stereocenters. The van der Waals surface area contributed by atoms with E-state index in [1.807, 2.05) is 0 Å². The summed E-state index contributed by atoms with van der Waals surface area (Å²) in [5, 5.41) is 0. The molecule has 0 fully saturated rings. The third kappa shape index (κ3) is 1.31. The van der Waals surface area contributed by atoms with Crippen LogP contribution in [0.15, 0.2) is 23.3 Å². The Morgan fingerprint density at radius 2 is 1.80 bits per heavy atom. The maximum absolute atomic E-state index is 2.31. The van der Waals surface area contributed by atoms with Crippen LogP contribution >= 0.6 is 0 Å². The first-order valence-corrected chi connectivity index (χ1v) is 4.03. The van der Waals surface area contributed by atoms with Crippen LogP contribution < -0.4 is 0 Å². The first-order chi connectivity index (χ1) is 4.77. The van der Waals surface area contributed by atoms with E-state index in [0.29, 0.717) is 0 Å². The van der Waals surface area contributed by atoms with Crippen LogP contribution in [-0.2, 0) is 0 Å².